The normalized spacial score (nSPS) is 20.8. The fourth-order valence-electron chi connectivity index (χ4n) is 3.18. The van der Waals surface area contributed by atoms with Crippen molar-refractivity contribution in [2.24, 2.45) is 0 Å². The lowest BCUT2D eigenvalue weighted by Gasteiger charge is -2.32. The molecule has 1 aliphatic carbocycles. The molecule has 3 rings (SSSR count). The molecule has 1 aliphatic rings. The summed E-state index contributed by atoms with van der Waals surface area (Å²) in [5, 5.41) is 0. The second-order valence-corrected chi connectivity index (χ2v) is 10.1. The summed E-state index contributed by atoms with van der Waals surface area (Å²) in [6.07, 6.45) is 2.39. The van der Waals surface area contributed by atoms with Gasteiger partial charge in [-0.05, 0) is 61.4 Å². The number of rotatable bonds is 6. The van der Waals surface area contributed by atoms with Crippen molar-refractivity contribution in [3.63, 3.8) is 0 Å². The molecule has 10 heteroatoms. The Morgan fingerprint density at radius 3 is 1.29 bits per heavy atom. The van der Waals surface area contributed by atoms with Crippen LogP contribution < -0.4 is 9.44 Å². The van der Waals surface area contributed by atoms with Crippen LogP contribution in [0, 0.1) is 11.6 Å². The third-order valence-electron chi connectivity index (χ3n) is 4.63. The van der Waals surface area contributed by atoms with Crippen molar-refractivity contribution in [1.29, 1.82) is 0 Å². The van der Waals surface area contributed by atoms with Crippen molar-refractivity contribution in [1.82, 2.24) is 9.44 Å². The molecular weight excluding hydrogens is 410 g/mol. The zero-order valence-electron chi connectivity index (χ0n) is 14.8. The van der Waals surface area contributed by atoms with E-state index in [1.54, 1.807) is 0 Å². The van der Waals surface area contributed by atoms with Gasteiger partial charge in [0.05, 0.1) is 9.79 Å². The molecule has 152 valence electrons. The number of nitrogens with one attached hydrogen (secondary N) is 2. The van der Waals surface area contributed by atoms with Gasteiger partial charge in [0.15, 0.2) is 0 Å². The van der Waals surface area contributed by atoms with Crippen LogP contribution >= 0.6 is 0 Å². The smallest absolute Gasteiger partial charge is 0.207 e. The van der Waals surface area contributed by atoms with Crippen LogP contribution in [0.1, 0.15) is 25.7 Å². The SMILES string of the molecule is O=S(=O)(N[C@H]1CCCC[C@@H]1NS(=O)(=O)c1ccc(F)cc1)c1ccc(F)cc1. The highest BCUT2D eigenvalue weighted by molar-refractivity contribution is 7.90. The number of hydrogen-bond acceptors (Lipinski definition) is 4. The highest BCUT2D eigenvalue weighted by Gasteiger charge is 2.32. The van der Waals surface area contributed by atoms with Gasteiger partial charge in [0.1, 0.15) is 11.6 Å². The fourth-order valence-corrected chi connectivity index (χ4v) is 5.80. The van der Waals surface area contributed by atoms with Crippen LogP contribution in [0.15, 0.2) is 58.3 Å². The Balaban J connectivity index is 1.78. The lowest BCUT2D eigenvalue weighted by Crippen LogP contribution is -2.52. The minimum absolute atomic E-state index is 0.0976. The topological polar surface area (TPSA) is 92.3 Å². The van der Waals surface area contributed by atoms with E-state index >= 15 is 0 Å². The third kappa shape index (κ3) is 4.93. The van der Waals surface area contributed by atoms with Gasteiger partial charge in [-0.3, -0.25) is 0 Å². The van der Waals surface area contributed by atoms with Gasteiger partial charge in [0.2, 0.25) is 20.0 Å². The van der Waals surface area contributed by atoms with Crippen molar-refractivity contribution < 1.29 is 25.6 Å². The number of benzene rings is 2. The average Bonchev–Trinajstić information content (AvgIpc) is 2.64. The molecule has 2 atom stereocenters. The summed E-state index contributed by atoms with van der Waals surface area (Å²) in [6.45, 7) is 0. The van der Waals surface area contributed by atoms with E-state index in [0.29, 0.717) is 12.8 Å². The Kier molecular flexibility index (Phi) is 6.13. The maximum Gasteiger partial charge on any atom is 0.240 e. The molecule has 0 saturated heterocycles. The van der Waals surface area contributed by atoms with E-state index in [9.17, 15) is 25.6 Å². The van der Waals surface area contributed by atoms with Crippen LogP contribution in [-0.2, 0) is 20.0 Å². The van der Waals surface area contributed by atoms with Crippen LogP contribution in [-0.4, -0.2) is 28.9 Å². The van der Waals surface area contributed by atoms with E-state index in [-0.39, 0.29) is 9.79 Å². The van der Waals surface area contributed by atoms with Gasteiger partial charge in [-0.25, -0.2) is 35.1 Å². The molecule has 0 amide bonds. The van der Waals surface area contributed by atoms with Crippen LogP contribution in [0.25, 0.3) is 0 Å². The zero-order valence-corrected chi connectivity index (χ0v) is 16.4. The van der Waals surface area contributed by atoms with Crippen molar-refractivity contribution in [2.75, 3.05) is 0 Å². The predicted octanol–water partition coefficient (Wildman–Crippen LogP) is 2.53. The van der Waals surface area contributed by atoms with E-state index in [2.05, 4.69) is 9.44 Å². The van der Waals surface area contributed by atoms with Crippen molar-refractivity contribution >= 4 is 20.0 Å². The number of sulfonamides is 2. The van der Waals surface area contributed by atoms with Gasteiger partial charge in [0, 0.05) is 12.1 Å². The van der Waals surface area contributed by atoms with E-state index in [1.165, 1.54) is 0 Å². The van der Waals surface area contributed by atoms with Gasteiger partial charge in [-0.2, -0.15) is 0 Å². The highest BCUT2D eigenvalue weighted by atomic mass is 32.2. The summed E-state index contributed by atoms with van der Waals surface area (Å²) in [4.78, 5) is -0.195. The highest BCUT2D eigenvalue weighted by Crippen LogP contribution is 2.23. The molecule has 2 N–H and O–H groups in total. The molecule has 0 spiro atoms. The largest absolute Gasteiger partial charge is 0.240 e. The molecule has 0 bridgehead atoms. The second kappa shape index (κ2) is 8.24. The quantitative estimate of drug-likeness (QED) is 0.737. The first-order valence-corrected chi connectivity index (χ1v) is 11.7. The Morgan fingerprint density at radius 1 is 0.643 bits per heavy atom. The summed E-state index contributed by atoms with van der Waals surface area (Å²) in [5.41, 5.74) is 0. The first-order chi connectivity index (χ1) is 13.2. The van der Waals surface area contributed by atoms with E-state index in [0.717, 1.165) is 61.4 Å². The van der Waals surface area contributed by atoms with Crippen LogP contribution in [0.4, 0.5) is 8.78 Å². The van der Waals surface area contributed by atoms with Gasteiger partial charge in [0.25, 0.3) is 0 Å². The molecule has 0 unspecified atom stereocenters. The van der Waals surface area contributed by atoms with E-state index in [1.807, 2.05) is 0 Å². The minimum Gasteiger partial charge on any atom is -0.207 e. The molecule has 1 fully saturated rings. The monoisotopic (exact) mass is 430 g/mol. The average molecular weight is 430 g/mol. The Hall–Kier alpha value is -1.88. The molecule has 6 nitrogen and oxygen atoms in total. The summed E-state index contributed by atoms with van der Waals surface area (Å²) in [5.74, 6) is -1.11. The Morgan fingerprint density at radius 2 is 0.964 bits per heavy atom. The van der Waals surface area contributed by atoms with Gasteiger partial charge < -0.3 is 0 Å². The molecule has 1 saturated carbocycles. The van der Waals surface area contributed by atoms with Crippen molar-refractivity contribution in [3.8, 4) is 0 Å². The fraction of sp³-hybridized carbons (Fsp3) is 0.333. The van der Waals surface area contributed by atoms with Crippen LogP contribution in [0.3, 0.4) is 0 Å². The number of hydrogen-bond donors (Lipinski definition) is 2. The maximum absolute atomic E-state index is 13.1. The van der Waals surface area contributed by atoms with Crippen molar-refractivity contribution in [2.45, 2.75) is 47.6 Å². The first kappa shape index (κ1) is 20.8. The van der Waals surface area contributed by atoms with Crippen molar-refractivity contribution in [3.05, 3.63) is 60.2 Å². The first-order valence-electron chi connectivity index (χ1n) is 8.73. The third-order valence-corrected chi connectivity index (χ3v) is 7.64. The van der Waals surface area contributed by atoms with Gasteiger partial charge >= 0.3 is 0 Å². The molecule has 2 aromatic carbocycles. The van der Waals surface area contributed by atoms with Crippen LogP contribution in [0.2, 0.25) is 0 Å². The summed E-state index contributed by atoms with van der Waals surface area (Å²) < 4.78 is 81.5. The van der Waals surface area contributed by atoms with Gasteiger partial charge in [-0.1, -0.05) is 12.8 Å². The van der Waals surface area contributed by atoms with E-state index in [4.69, 9.17) is 0 Å². The molecule has 0 radical (unpaired) electrons. The molecule has 0 aliphatic heterocycles. The lowest BCUT2D eigenvalue weighted by atomic mass is 9.92. The van der Waals surface area contributed by atoms with E-state index < -0.39 is 43.8 Å². The Bertz CT molecular complexity index is 939. The lowest BCUT2D eigenvalue weighted by molar-refractivity contribution is 0.340. The number of halogens is 2. The minimum atomic E-state index is -3.94. The molecule has 0 aromatic heterocycles. The molecular formula is C18H20F2N2O4S2. The summed E-state index contributed by atoms with van der Waals surface area (Å²) >= 11 is 0. The molecule has 28 heavy (non-hydrogen) atoms. The summed E-state index contributed by atoms with van der Waals surface area (Å²) in [7, 11) is -7.87. The zero-order chi connectivity index (χ0) is 20.4. The Labute approximate surface area is 163 Å². The maximum atomic E-state index is 13.1. The predicted molar refractivity (Wildman–Crippen MR) is 99.5 cm³/mol. The second-order valence-electron chi connectivity index (χ2n) is 6.65. The molecule has 0 heterocycles. The van der Waals surface area contributed by atoms with Crippen LogP contribution in [0.5, 0.6) is 0 Å². The standard InChI is InChI=1S/C18H20F2N2O4S2/c19-13-5-9-15(10-6-13)27(23,24)21-17-3-1-2-4-18(17)22-28(25,26)16-11-7-14(20)8-12-16/h5-12,17-18,21-22H,1-4H2/t17-,18-/m0/s1. The van der Waals surface area contributed by atoms with Gasteiger partial charge in [-0.15, -0.1) is 0 Å². The summed E-state index contributed by atoms with van der Waals surface area (Å²) in [6, 6.07) is 7.48. The molecule has 2 aromatic rings.